The van der Waals surface area contributed by atoms with Gasteiger partial charge >= 0.3 is 6.03 Å². The number of nitrogens with one attached hydrogen (secondary N) is 2. The minimum absolute atomic E-state index is 0.0995. The van der Waals surface area contributed by atoms with E-state index >= 15 is 0 Å². The number of urea groups is 1. The second kappa shape index (κ2) is 7.47. The SMILES string of the molecule is CCC(C)NC(=O)NCCc1ccc(-n2cccn2)cc1. The molecule has 0 aliphatic heterocycles. The molecule has 112 valence electrons. The summed E-state index contributed by atoms with van der Waals surface area (Å²) in [5.41, 5.74) is 2.22. The van der Waals surface area contributed by atoms with Crippen molar-refractivity contribution in [2.75, 3.05) is 6.54 Å². The number of amides is 2. The second-order valence-corrected chi connectivity index (χ2v) is 5.08. The van der Waals surface area contributed by atoms with E-state index in [2.05, 4.69) is 27.9 Å². The van der Waals surface area contributed by atoms with E-state index in [1.807, 2.05) is 42.9 Å². The smallest absolute Gasteiger partial charge is 0.315 e. The van der Waals surface area contributed by atoms with Gasteiger partial charge in [-0.15, -0.1) is 0 Å². The van der Waals surface area contributed by atoms with Gasteiger partial charge in [0, 0.05) is 25.0 Å². The van der Waals surface area contributed by atoms with E-state index in [1.165, 1.54) is 5.56 Å². The quantitative estimate of drug-likeness (QED) is 0.857. The third kappa shape index (κ3) is 4.63. The molecule has 0 saturated heterocycles. The van der Waals surface area contributed by atoms with Crippen molar-refractivity contribution >= 4 is 6.03 Å². The van der Waals surface area contributed by atoms with Gasteiger partial charge < -0.3 is 10.6 Å². The van der Waals surface area contributed by atoms with Crippen molar-refractivity contribution in [2.45, 2.75) is 32.7 Å². The molecule has 1 unspecified atom stereocenters. The van der Waals surface area contributed by atoms with E-state index in [9.17, 15) is 4.79 Å². The first-order valence-electron chi connectivity index (χ1n) is 7.32. The molecule has 5 nitrogen and oxygen atoms in total. The lowest BCUT2D eigenvalue weighted by Crippen LogP contribution is -2.41. The summed E-state index contributed by atoms with van der Waals surface area (Å²) < 4.78 is 1.82. The van der Waals surface area contributed by atoms with Gasteiger partial charge in [0.25, 0.3) is 0 Å². The summed E-state index contributed by atoms with van der Waals surface area (Å²) in [4.78, 5) is 11.6. The summed E-state index contributed by atoms with van der Waals surface area (Å²) >= 11 is 0. The van der Waals surface area contributed by atoms with Crippen LogP contribution in [-0.2, 0) is 6.42 Å². The number of rotatable bonds is 6. The van der Waals surface area contributed by atoms with Crippen molar-refractivity contribution in [1.82, 2.24) is 20.4 Å². The summed E-state index contributed by atoms with van der Waals surface area (Å²) in [6, 6.07) is 10.2. The fourth-order valence-corrected chi connectivity index (χ4v) is 1.93. The summed E-state index contributed by atoms with van der Waals surface area (Å²) in [5.74, 6) is 0. The van der Waals surface area contributed by atoms with Crippen LogP contribution in [0.3, 0.4) is 0 Å². The highest BCUT2D eigenvalue weighted by Crippen LogP contribution is 2.08. The minimum Gasteiger partial charge on any atom is -0.338 e. The molecule has 1 aromatic heterocycles. The van der Waals surface area contributed by atoms with E-state index in [0.717, 1.165) is 18.5 Å². The summed E-state index contributed by atoms with van der Waals surface area (Å²) in [6.07, 6.45) is 5.42. The lowest BCUT2D eigenvalue weighted by Gasteiger charge is -2.12. The van der Waals surface area contributed by atoms with Crippen LogP contribution in [0.4, 0.5) is 4.79 Å². The molecule has 1 aromatic carbocycles. The Bertz CT molecular complexity index is 548. The number of hydrogen-bond acceptors (Lipinski definition) is 2. The van der Waals surface area contributed by atoms with Crippen molar-refractivity contribution in [3.05, 3.63) is 48.3 Å². The molecule has 0 radical (unpaired) electrons. The van der Waals surface area contributed by atoms with Gasteiger partial charge in [0.05, 0.1) is 5.69 Å². The predicted molar refractivity (Wildman–Crippen MR) is 83.6 cm³/mol. The van der Waals surface area contributed by atoms with E-state index in [1.54, 1.807) is 6.20 Å². The molecule has 21 heavy (non-hydrogen) atoms. The zero-order chi connectivity index (χ0) is 15.1. The molecule has 2 amide bonds. The minimum atomic E-state index is -0.0995. The highest BCUT2D eigenvalue weighted by Gasteiger charge is 2.04. The fraction of sp³-hybridized carbons (Fsp3) is 0.375. The molecule has 1 atom stereocenters. The van der Waals surface area contributed by atoms with E-state index < -0.39 is 0 Å². The molecular weight excluding hydrogens is 264 g/mol. The Morgan fingerprint density at radius 2 is 2.10 bits per heavy atom. The van der Waals surface area contributed by atoms with Crippen molar-refractivity contribution in [1.29, 1.82) is 0 Å². The van der Waals surface area contributed by atoms with Crippen molar-refractivity contribution in [2.24, 2.45) is 0 Å². The topological polar surface area (TPSA) is 59.0 Å². The average molecular weight is 286 g/mol. The first-order chi connectivity index (χ1) is 10.2. The molecule has 0 spiro atoms. The monoisotopic (exact) mass is 286 g/mol. The molecule has 0 fully saturated rings. The number of aromatic nitrogens is 2. The largest absolute Gasteiger partial charge is 0.338 e. The molecule has 2 aromatic rings. The first-order valence-corrected chi connectivity index (χ1v) is 7.32. The van der Waals surface area contributed by atoms with Gasteiger partial charge in [-0.3, -0.25) is 0 Å². The Morgan fingerprint density at radius 1 is 1.33 bits per heavy atom. The van der Waals surface area contributed by atoms with Crippen LogP contribution < -0.4 is 10.6 Å². The average Bonchev–Trinajstić information content (AvgIpc) is 3.02. The van der Waals surface area contributed by atoms with Crippen molar-refractivity contribution in [3.63, 3.8) is 0 Å². The number of carbonyl (C=O) groups excluding carboxylic acids is 1. The van der Waals surface area contributed by atoms with Crippen LogP contribution >= 0.6 is 0 Å². The molecule has 0 aliphatic rings. The van der Waals surface area contributed by atoms with Gasteiger partial charge in [-0.25, -0.2) is 9.48 Å². The van der Waals surface area contributed by atoms with E-state index in [0.29, 0.717) is 6.54 Å². The van der Waals surface area contributed by atoms with Crippen LogP contribution in [0.25, 0.3) is 5.69 Å². The maximum atomic E-state index is 11.6. The van der Waals surface area contributed by atoms with Gasteiger partial charge in [0.15, 0.2) is 0 Å². The Hall–Kier alpha value is -2.30. The van der Waals surface area contributed by atoms with Gasteiger partial charge in [-0.2, -0.15) is 5.10 Å². The maximum absolute atomic E-state index is 11.6. The number of carbonyl (C=O) groups is 1. The summed E-state index contributed by atoms with van der Waals surface area (Å²) in [6.45, 7) is 4.67. The van der Waals surface area contributed by atoms with Crippen molar-refractivity contribution < 1.29 is 4.79 Å². The van der Waals surface area contributed by atoms with Gasteiger partial charge in [0.2, 0.25) is 0 Å². The van der Waals surface area contributed by atoms with Crippen LogP contribution in [-0.4, -0.2) is 28.4 Å². The Balaban J connectivity index is 1.78. The fourth-order valence-electron chi connectivity index (χ4n) is 1.93. The molecule has 0 aliphatic carbocycles. The zero-order valence-electron chi connectivity index (χ0n) is 12.5. The van der Waals surface area contributed by atoms with Gasteiger partial charge in [0.1, 0.15) is 0 Å². The number of nitrogens with zero attached hydrogens (tertiary/aromatic N) is 2. The first kappa shape index (κ1) is 15.1. The molecule has 2 rings (SSSR count). The molecule has 0 bridgehead atoms. The van der Waals surface area contributed by atoms with E-state index in [-0.39, 0.29) is 12.1 Å². The highest BCUT2D eigenvalue weighted by atomic mass is 16.2. The van der Waals surface area contributed by atoms with Crippen LogP contribution in [0.1, 0.15) is 25.8 Å². The summed E-state index contributed by atoms with van der Waals surface area (Å²) in [7, 11) is 0. The molecule has 1 heterocycles. The van der Waals surface area contributed by atoms with Gasteiger partial charge in [-0.1, -0.05) is 19.1 Å². The molecule has 5 heteroatoms. The van der Waals surface area contributed by atoms with Crippen LogP contribution in [0.5, 0.6) is 0 Å². The number of hydrogen-bond donors (Lipinski definition) is 2. The maximum Gasteiger partial charge on any atom is 0.315 e. The molecule has 2 N–H and O–H groups in total. The van der Waals surface area contributed by atoms with Crippen LogP contribution in [0.2, 0.25) is 0 Å². The third-order valence-corrected chi connectivity index (χ3v) is 3.39. The summed E-state index contributed by atoms with van der Waals surface area (Å²) in [5, 5.41) is 9.94. The Kier molecular flexibility index (Phi) is 5.37. The Morgan fingerprint density at radius 3 is 2.71 bits per heavy atom. The van der Waals surface area contributed by atoms with Crippen LogP contribution in [0.15, 0.2) is 42.7 Å². The van der Waals surface area contributed by atoms with E-state index in [4.69, 9.17) is 0 Å². The van der Waals surface area contributed by atoms with Gasteiger partial charge in [-0.05, 0) is 43.5 Å². The lowest BCUT2D eigenvalue weighted by atomic mass is 10.1. The van der Waals surface area contributed by atoms with Crippen molar-refractivity contribution in [3.8, 4) is 5.69 Å². The predicted octanol–water partition coefficient (Wildman–Crippen LogP) is 2.51. The second-order valence-electron chi connectivity index (χ2n) is 5.08. The molecular formula is C16H22N4O. The Labute approximate surface area is 125 Å². The standard InChI is InChI=1S/C16H22N4O/c1-3-13(2)19-16(21)17-11-9-14-5-7-15(8-6-14)20-12-4-10-18-20/h4-8,10,12-13H,3,9,11H2,1-2H3,(H2,17,19,21). The molecule has 0 saturated carbocycles. The number of benzene rings is 1. The zero-order valence-corrected chi connectivity index (χ0v) is 12.5. The lowest BCUT2D eigenvalue weighted by molar-refractivity contribution is 0.237. The third-order valence-electron chi connectivity index (χ3n) is 3.39. The van der Waals surface area contributed by atoms with Crippen LogP contribution in [0, 0.1) is 0 Å². The highest BCUT2D eigenvalue weighted by molar-refractivity contribution is 5.74. The normalized spacial score (nSPS) is 11.9.